The molecule has 0 saturated carbocycles. The van der Waals surface area contributed by atoms with Crippen LogP contribution in [0.2, 0.25) is 4.34 Å². The summed E-state index contributed by atoms with van der Waals surface area (Å²) in [7, 11) is 0. The number of piperazine rings is 1. The second-order valence-corrected chi connectivity index (χ2v) is 9.68. The maximum Gasteiger partial charge on any atom is 0.277 e. The van der Waals surface area contributed by atoms with Crippen LogP contribution in [0.4, 0.5) is 0 Å². The van der Waals surface area contributed by atoms with Crippen molar-refractivity contribution in [2.45, 2.75) is 11.8 Å². The Kier molecular flexibility index (Phi) is 6.14. The lowest BCUT2D eigenvalue weighted by Crippen LogP contribution is -2.48. The minimum Gasteiger partial charge on any atom is -0.410 e. The highest BCUT2D eigenvalue weighted by atomic mass is 35.5. The molecule has 10 heteroatoms. The first-order valence-electron chi connectivity index (χ1n) is 8.42. The Balaban J connectivity index is 1.23. The Labute approximate surface area is 174 Å². The number of halogens is 1. The highest BCUT2D eigenvalue weighted by Crippen LogP contribution is 2.27. The summed E-state index contributed by atoms with van der Waals surface area (Å²) < 4.78 is 6.43. The van der Waals surface area contributed by atoms with E-state index in [0.29, 0.717) is 16.9 Å². The van der Waals surface area contributed by atoms with Gasteiger partial charge in [-0.15, -0.1) is 32.9 Å². The van der Waals surface area contributed by atoms with E-state index in [1.165, 1.54) is 16.6 Å². The Morgan fingerprint density at radius 2 is 2.07 bits per heavy atom. The molecule has 6 nitrogen and oxygen atoms in total. The van der Waals surface area contributed by atoms with Gasteiger partial charge < -0.3 is 9.32 Å². The van der Waals surface area contributed by atoms with E-state index in [9.17, 15) is 4.79 Å². The number of hydrogen-bond donors (Lipinski definition) is 0. The molecule has 0 atom stereocenters. The molecule has 1 saturated heterocycles. The largest absolute Gasteiger partial charge is 0.410 e. The number of aromatic nitrogens is 2. The number of thioether (sulfide) groups is 1. The minimum absolute atomic E-state index is 0.106. The molecule has 1 aliphatic rings. The van der Waals surface area contributed by atoms with Gasteiger partial charge in [0.05, 0.1) is 15.0 Å². The predicted molar refractivity (Wildman–Crippen MR) is 110 cm³/mol. The van der Waals surface area contributed by atoms with Crippen LogP contribution >= 0.6 is 46.0 Å². The maximum absolute atomic E-state index is 12.5. The average Bonchev–Trinajstić information content (AvgIpc) is 3.42. The highest BCUT2D eigenvalue weighted by Gasteiger charge is 2.22. The molecule has 1 amide bonds. The Bertz CT molecular complexity index is 888. The maximum atomic E-state index is 12.5. The number of carbonyl (C=O) groups is 1. The van der Waals surface area contributed by atoms with Crippen molar-refractivity contribution in [1.82, 2.24) is 20.0 Å². The van der Waals surface area contributed by atoms with Crippen molar-refractivity contribution in [3.8, 4) is 10.8 Å². The second kappa shape index (κ2) is 8.74. The topological polar surface area (TPSA) is 62.5 Å². The quantitative estimate of drug-likeness (QED) is 0.541. The molecule has 3 aromatic heterocycles. The smallest absolute Gasteiger partial charge is 0.277 e. The first kappa shape index (κ1) is 18.9. The number of carbonyl (C=O) groups excluding carboxylic acids is 1. The van der Waals surface area contributed by atoms with Gasteiger partial charge in [0.25, 0.3) is 11.1 Å². The fraction of sp³-hybridized carbons (Fsp3) is 0.353. The molecule has 0 aliphatic carbocycles. The van der Waals surface area contributed by atoms with Crippen molar-refractivity contribution in [3.05, 3.63) is 38.9 Å². The fourth-order valence-electron chi connectivity index (χ4n) is 2.80. The number of nitrogens with zero attached hydrogens (tertiary/aromatic N) is 4. The predicted octanol–water partition coefficient (Wildman–Crippen LogP) is 3.95. The van der Waals surface area contributed by atoms with E-state index < -0.39 is 0 Å². The molecule has 142 valence electrons. The van der Waals surface area contributed by atoms with E-state index in [0.717, 1.165) is 41.9 Å². The van der Waals surface area contributed by atoms with Gasteiger partial charge in [-0.1, -0.05) is 29.4 Å². The third kappa shape index (κ3) is 4.91. The van der Waals surface area contributed by atoms with E-state index in [-0.39, 0.29) is 5.91 Å². The highest BCUT2D eigenvalue weighted by molar-refractivity contribution is 7.99. The van der Waals surface area contributed by atoms with Crippen LogP contribution in [0.15, 0.2) is 39.3 Å². The fourth-order valence-corrected chi connectivity index (χ4v) is 5.24. The van der Waals surface area contributed by atoms with Crippen LogP contribution in [0.3, 0.4) is 0 Å². The van der Waals surface area contributed by atoms with E-state index in [4.69, 9.17) is 16.0 Å². The first-order valence-corrected chi connectivity index (χ1v) is 11.5. The minimum atomic E-state index is 0.106. The molecular formula is C17H17ClN4O2S3. The van der Waals surface area contributed by atoms with Crippen molar-refractivity contribution in [2.75, 3.05) is 31.9 Å². The van der Waals surface area contributed by atoms with Crippen LogP contribution in [0.25, 0.3) is 10.8 Å². The van der Waals surface area contributed by atoms with Gasteiger partial charge in [0.1, 0.15) is 0 Å². The summed E-state index contributed by atoms with van der Waals surface area (Å²) in [6, 6.07) is 7.87. The van der Waals surface area contributed by atoms with E-state index in [2.05, 4.69) is 21.2 Å². The Morgan fingerprint density at radius 3 is 2.78 bits per heavy atom. The lowest BCUT2D eigenvalue weighted by Gasteiger charge is -2.34. The van der Waals surface area contributed by atoms with Crippen molar-refractivity contribution in [3.63, 3.8) is 0 Å². The summed E-state index contributed by atoms with van der Waals surface area (Å²) in [4.78, 5) is 18.9. The lowest BCUT2D eigenvalue weighted by atomic mass is 10.3. The van der Waals surface area contributed by atoms with Crippen molar-refractivity contribution >= 4 is 51.9 Å². The molecule has 27 heavy (non-hydrogen) atoms. The third-order valence-corrected chi connectivity index (χ3v) is 7.07. The number of thiophene rings is 2. The van der Waals surface area contributed by atoms with E-state index >= 15 is 0 Å². The van der Waals surface area contributed by atoms with Crippen LogP contribution in [0, 0.1) is 0 Å². The zero-order valence-electron chi connectivity index (χ0n) is 14.3. The van der Waals surface area contributed by atoms with Gasteiger partial charge in [-0.2, -0.15) is 0 Å². The van der Waals surface area contributed by atoms with Crippen LogP contribution in [-0.2, 0) is 11.3 Å². The molecule has 0 aromatic carbocycles. The van der Waals surface area contributed by atoms with Crippen LogP contribution in [0.1, 0.15) is 4.88 Å². The van der Waals surface area contributed by atoms with Crippen LogP contribution in [-0.4, -0.2) is 57.8 Å². The van der Waals surface area contributed by atoms with Crippen molar-refractivity contribution in [1.29, 1.82) is 0 Å². The summed E-state index contributed by atoms with van der Waals surface area (Å²) in [5.74, 6) is 0.920. The average molecular weight is 441 g/mol. The summed E-state index contributed by atoms with van der Waals surface area (Å²) in [6.07, 6.45) is 0. The SMILES string of the molecule is O=C(CSc1nnc(-c2cccs2)o1)N1CCN(Cc2ccc(Cl)s2)CC1. The second-order valence-electron chi connectivity index (χ2n) is 6.00. The molecule has 0 N–H and O–H groups in total. The summed E-state index contributed by atoms with van der Waals surface area (Å²) >= 11 is 10.4. The number of hydrogen-bond acceptors (Lipinski definition) is 8. The molecule has 0 unspecified atom stereocenters. The molecule has 1 aliphatic heterocycles. The molecule has 4 rings (SSSR count). The van der Waals surface area contributed by atoms with Gasteiger partial charge in [-0.25, -0.2) is 0 Å². The van der Waals surface area contributed by atoms with Gasteiger partial charge in [0, 0.05) is 37.6 Å². The summed E-state index contributed by atoms with van der Waals surface area (Å²) in [6.45, 7) is 4.11. The molecule has 0 spiro atoms. The molecular weight excluding hydrogens is 424 g/mol. The Hall–Kier alpha value is -1.39. The van der Waals surface area contributed by atoms with Crippen LogP contribution < -0.4 is 0 Å². The molecule has 4 heterocycles. The van der Waals surface area contributed by atoms with E-state index in [1.54, 1.807) is 22.7 Å². The monoisotopic (exact) mass is 440 g/mol. The summed E-state index contributed by atoms with van der Waals surface area (Å²) in [5, 5.41) is 10.4. The number of amides is 1. The molecule has 3 aromatic rings. The molecule has 0 bridgehead atoms. The number of rotatable bonds is 6. The molecule has 1 fully saturated rings. The normalized spacial score (nSPS) is 15.4. The van der Waals surface area contributed by atoms with Crippen LogP contribution in [0.5, 0.6) is 0 Å². The van der Waals surface area contributed by atoms with Gasteiger partial charge in [-0.05, 0) is 23.6 Å². The lowest BCUT2D eigenvalue weighted by molar-refractivity contribution is -0.130. The van der Waals surface area contributed by atoms with Gasteiger partial charge in [0.2, 0.25) is 5.91 Å². The summed E-state index contributed by atoms with van der Waals surface area (Å²) in [5.41, 5.74) is 0. The zero-order chi connectivity index (χ0) is 18.6. The van der Waals surface area contributed by atoms with E-state index in [1.807, 2.05) is 28.5 Å². The first-order chi connectivity index (χ1) is 13.2. The zero-order valence-corrected chi connectivity index (χ0v) is 17.5. The standard InChI is InChI=1S/C17H17ClN4O2S3/c18-14-4-3-12(27-14)10-21-5-7-22(8-6-21)15(23)11-26-17-20-19-16(24-17)13-2-1-9-25-13/h1-4,9H,5-8,10-11H2. The van der Waals surface area contributed by atoms with Crippen molar-refractivity contribution < 1.29 is 9.21 Å². The Morgan fingerprint density at radius 1 is 1.22 bits per heavy atom. The van der Waals surface area contributed by atoms with Gasteiger partial charge in [0.15, 0.2) is 0 Å². The van der Waals surface area contributed by atoms with Gasteiger partial charge in [-0.3, -0.25) is 9.69 Å². The van der Waals surface area contributed by atoms with Gasteiger partial charge >= 0.3 is 0 Å². The molecule has 0 radical (unpaired) electrons. The third-order valence-electron chi connectivity index (χ3n) is 4.19. The van der Waals surface area contributed by atoms with Crippen molar-refractivity contribution in [2.24, 2.45) is 0 Å².